The second-order valence-corrected chi connectivity index (χ2v) is 7.07. The molecule has 1 aliphatic rings. The maximum atomic E-state index is 14.2. The number of amides is 1. The van der Waals surface area contributed by atoms with E-state index in [1.54, 1.807) is 11.0 Å². The minimum atomic E-state index is -0.552. The van der Waals surface area contributed by atoms with Crippen molar-refractivity contribution in [2.24, 2.45) is 10.7 Å². The molecule has 1 aromatic carbocycles. The van der Waals surface area contributed by atoms with E-state index in [1.807, 2.05) is 20.8 Å². The molecule has 0 aromatic heterocycles. The predicted octanol–water partition coefficient (Wildman–Crippen LogP) is 3.44. The van der Waals surface area contributed by atoms with Gasteiger partial charge in [-0.05, 0) is 32.9 Å². The van der Waals surface area contributed by atoms with E-state index in [0.717, 1.165) is 0 Å². The Morgan fingerprint density at radius 2 is 2.20 bits per heavy atom. The molecule has 1 aromatic rings. The lowest BCUT2D eigenvalue weighted by Crippen LogP contribution is -2.36. The van der Waals surface area contributed by atoms with Crippen LogP contribution in [0.3, 0.4) is 0 Å². The standard InChI is InChI=1S/C17H23ClFN3O3/c1-17(2,3)25-16(23)22-7-6-12(10-22)24-14-5-4-11(8-13(14)19)21-15(20)9-18/h4-5,8,12H,6-7,9-10H2,1-3H3,(H2,20,21). The summed E-state index contributed by atoms with van der Waals surface area (Å²) in [7, 11) is 0. The van der Waals surface area contributed by atoms with E-state index >= 15 is 0 Å². The van der Waals surface area contributed by atoms with Crippen molar-refractivity contribution >= 4 is 29.2 Å². The minimum Gasteiger partial charge on any atom is -0.485 e. The van der Waals surface area contributed by atoms with Gasteiger partial charge >= 0.3 is 6.09 Å². The fourth-order valence-corrected chi connectivity index (χ4v) is 2.41. The molecule has 0 saturated carbocycles. The number of halogens is 2. The molecule has 0 aliphatic carbocycles. The number of hydrogen-bond donors (Lipinski definition) is 1. The number of likely N-dealkylation sites (tertiary alicyclic amines) is 1. The molecule has 1 aliphatic heterocycles. The molecule has 0 bridgehead atoms. The molecule has 0 spiro atoms. The molecular weight excluding hydrogens is 349 g/mol. The molecule has 1 amide bonds. The molecular formula is C17H23ClFN3O3. The van der Waals surface area contributed by atoms with Gasteiger partial charge in [0.2, 0.25) is 0 Å². The van der Waals surface area contributed by atoms with Crippen LogP contribution in [0.15, 0.2) is 23.2 Å². The highest BCUT2D eigenvalue weighted by Crippen LogP contribution is 2.26. The Labute approximate surface area is 151 Å². The Balaban J connectivity index is 1.96. The number of alkyl halides is 1. The fourth-order valence-electron chi connectivity index (χ4n) is 2.35. The van der Waals surface area contributed by atoms with E-state index in [4.69, 9.17) is 26.8 Å². The predicted molar refractivity (Wildman–Crippen MR) is 95.2 cm³/mol. The average Bonchev–Trinajstić information content (AvgIpc) is 2.97. The first-order valence-corrected chi connectivity index (χ1v) is 8.54. The van der Waals surface area contributed by atoms with Gasteiger partial charge in [-0.1, -0.05) is 0 Å². The summed E-state index contributed by atoms with van der Waals surface area (Å²) in [5.74, 6) is -0.153. The van der Waals surface area contributed by atoms with Crippen LogP contribution in [0.25, 0.3) is 0 Å². The van der Waals surface area contributed by atoms with Crippen molar-refractivity contribution in [3.63, 3.8) is 0 Å². The largest absolute Gasteiger partial charge is 0.485 e. The maximum Gasteiger partial charge on any atom is 0.410 e. The number of benzene rings is 1. The topological polar surface area (TPSA) is 77.1 Å². The van der Waals surface area contributed by atoms with Crippen molar-refractivity contribution in [2.45, 2.75) is 38.9 Å². The van der Waals surface area contributed by atoms with Crippen LogP contribution in [-0.4, -0.2) is 47.5 Å². The number of carbonyl (C=O) groups excluding carboxylic acids is 1. The number of aliphatic imine (C=N–C) groups is 1. The number of nitrogens with zero attached hydrogens (tertiary/aromatic N) is 2. The Hall–Kier alpha value is -2.02. The van der Waals surface area contributed by atoms with Gasteiger partial charge in [-0.3, -0.25) is 0 Å². The molecule has 0 radical (unpaired) electrons. The Kier molecular flexibility index (Phi) is 6.11. The number of carbonyl (C=O) groups is 1. The monoisotopic (exact) mass is 371 g/mol. The highest BCUT2D eigenvalue weighted by molar-refractivity contribution is 6.28. The van der Waals surface area contributed by atoms with E-state index in [1.165, 1.54) is 12.1 Å². The van der Waals surface area contributed by atoms with Gasteiger partial charge in [0, 0.05) is 19.0 Å². The molecule has 1 fully saturated rings. The number of nitrogens with two attached hydrogens (primary N) is 1. The summed E-state index contributed by atoms with van der Waals surface area (Å²) < 4.78 is 25.2. The molecule has 8 heteroatoms. The molecule has 6 nitrogen and oxygen atoms in total. The second kappa shape index (κ2) is 7.91. The molecule has 1 atom stereocenters. The summed E-state index contributed by atoms with van der Waals surface area (Å²) in [6.45, 7) is 6.30. The van der Waals surface area contributed by atoms with Crippen molar-refractivity contribution < 1.29 is 18.7 Å². The SMILES string of the molecule is CC(C)(C)OC(=O)N1CCC(Oc2ccc(N=C(N)CCl)cc2F)C1. The Morgan fingerprint density at radius 3 is 2.80 bits per heavy atom. The van der Waals surface area contributed by atoms with Crippen LogP contribution in [0, 0.1) is 5.82 Å². The zero-order chi connectivity index (χ0) is 18.6. The van der Waals surface area contributed by atoms with Gasteiger partial charge in [0.1, 0.15) is 17.5 Å². The van der Waals surface area contributed by atoms with Gasteiger partial charge in [-0.2, -0.15) is 0 Å². The van der Waals surface area contributed by atoms with Crippen LogP contribution in [-0.2, 0) is 4.74 Å². The first-order chi connectivity index (χ1) is 11.7. The zero-order valence-corrected chi connectivity index (χ0v) is 15.3. The van der Waals surface area contributed by atoms with Crippen LogP contribution in [0.2, 0.25) is 0 Å². The van der Waals surface area contributed by atoms with Crippen LogP contribution in [0.1, 0.15) is 27.2 Å². The molecule has 138 valence electrons. The fraction of sp³-hybridized carbons (Fsp3) is 0.529. The van der Waals surface area contributed by atoms with E-state index in [-0.39, 0.29) is 29.7 Å². The van der Waals surface area contributed by atoms with Crippen LogP contribution < -0.4 is 10.5 Å². The lowest BCUT2D eigenvalue weighted by atomic mass is 10.2. The van der Waals surface area contributed by atoms with Crippen molar-refractivity contribution in [3.05, 3.63) is 24.0 Å². The normalized spacial score (nSPS) is 18.4. The third kappa shape index (κ3) is 5.77. The molecule has 1 heterocycles. The lowest BCUT2D eigenvalue weighted by Gasteiger charge is -2.24. The number of ether oxygens (including phenoxy) is 2. The summed E-state index contributed by atoms with van der Waals surface area (Å²) in [5.41, 5.74) is 5.34. The minimum absolute atomic E-state index is 0.0719. The first-order valence-electron chi connectivity index (χ1n) is 8.01. The number of rotatable bonds is 4. The third-order valence-corrected chi connectivity index (χ3v) is 3.69. The van der Waals surface area contributed by atoms with Gasteiger partial charge in [0.15, 0.2) is 11.6 Å². The van der Waals surface area contributed by atoms with Gasteiger partial charge in [0.25, 0.3) is 0 Å². The quantitative estimate of drug-likeness (QED) is 0.499. The van der Waals surface area contributed by atoms with Crippen molar-refractivity contribution in [3.8, 4) is 5.75 Å². The van der Waals surface area contributed by atoms with Crippen molar-refractivity contribution in [1.29, 1.82) is 0 Å². The average molecular weight is 372 g/mol. The summed E-state index contributed by atoms with van der Waals surface area (Å²) in [6, 6.07) is 4.32. The molecule has 1 saturated heterocycles. The highest BCUT2D eigenvalue weighted by Gasteiger charge is 2.31. The summed E-state index contributed by atoms with van der Waals surface area (Å²) >= 11 is 5.55. The first kappa shape index (κ1) is 19.3. The Morgan fingerprint density at radius 1 is 1.48 bits per heavy atom. The summed E-state index contributed by atoms with van der Waals surface area (Å²) in [4.78, 5) is 17.6. The van der Waals surface area contributed by atoms with E-state index in [2.05, 4.69) is 4.99 Å². The van der Waals surface area contributed by atoms with Gasteiger partial charge < -0.3 is 20.1 Å². The summed E-state index contributed by atoms with van der Waals surface area (Å²) in [5, 5.41) is 0. The van der Waals surface area contributed by atoms with Crippen LogP contribution in [0.4, 0.5) is 14.9 Å². The maximum absolute atomic E-state index is 14.2. The third-order valence-electron chi connectivity index (χ3n) is 3.42. The van der Waals surface area contributed by atoms with Crippen LogP contribution in [0.5, 0.6) is 5.75 Å². The molecule has 2 N–H and O–H groups in total. The van der Waals surface area contributed by atoms with E-state index < -0.39 is 11.4 Å². The van der Waals surface area contributed by atoms with E-state index in [0.29, 0.717) is 25.2 Å². The molecule has 1 unspecified atom stereocenters. The van der Waals surface area contributed by atoms with Gasteiger partial charge in [-0.15, -0.1) is 11.6 Å². The van der Waals surface area contributed by atoms with Crippen molar-refractivity contribution in [1.82, 2.24) is 4.90 Å². The van der Waals surface area contributed by atoms with Crippen LogP contribution >= 0.6 is 11.6 Å². The smallest absolute Gasteiger partial charge is 0.410 e. The zero-order valence-electron chi connectivity index (χ0n) is 14.6. The number of hydrogen-bond acceptors (Lipinski definition) is 4. The van der Waals surface area contributed by atoms with Crippen molar-refractivity contribution in [2.75, 3.05) is 19.0 Å². The lowest BCUT2D eigenvalue weighted by molar-refractivity contribution is 0.0275. The highest BCUT2D eigenvalue weighted by atomic mass is 35.5. The summed E-state index contributed by atoms with van der Waals surface area (Å²) in [6.07, 6.45) is -0.0674. The van der Waals surface area contributed by atoms with Gasteiger partial charge in [0.05, 0.1) is 18.1 Å². The number of amidine groups is 1. The molecule has 25 heavy (non-hydrogen) atoms. The van der Waals surface area contributed by atoms with E-state index in [9.17, 15) is 9.18 Å². The van der Waals surface area contributed by atoms with Gasteiger partial charge in [-0.25, -0.2) is 14.2 Å². The molecule has 2 rings (SSSR count). The Bertz CT molecular complexity index is 661. The second-order valence-electron chi connectivity index (χ2n) is 6.81.